The number of nitrogens with one attached hydrogen (secondary N) is 2. The average Bonchev–Trinajstić information content (AvgIpc) is 2.53. The highest BCUT2D eigenvalue weighted by Gasteiger charge is 2.13. The van der Waals surface area contributed by atoms with Crippen LogP contribution in [0, 0.1) is 0 Å². The van der Waals surface area contributed by atoms with Crippen LogP contribution in [0.15, 0.2) is 12.2 Å². The molecule has 0 aromatic rings. The van der Waals surface area contributed by atoms with Crippen LogP contribution in [0.2, 0.25) is 0 Å². The van der Waals surface area contributed by atoms with Crippen LogP contribution >= 0.6 is 0 Å². The molecule has 2 nitrogen and oxygen atoms in total. The van der Waals surface area contributed by atoms with E-state index in [1.54, 1.807) is 0 Å². The van der Waals surface area contributed by atoms with Gasteiger partial charge in [0, 0.05) is 12.1 Å². The van der Waals surface area contributed by atoms with Gasteiger partial charge in [-0.3, -0.25) is 0 Å². The van der Waals surface area contributed by atoms with Crippen molar-refractivity contribution in [2.75, 3.05) is 13.1 Å². The fraction of sp³-hybridized carbons (Fsp3) is 0.857. The van der Waals surface area contributed by atoms with Crippen molar-refractivity contribution in [2.45, 2.75) is 64.5 Å². The van der Waals surface area contributed by atoms with Gasteiger partial charge in [-0.05, 0) is 52.6 Å². The van der Waals surface area contributed by atoms with Crippen molar-refractivity contribution in [2.24, 2.45) is 0 Å². The zero-order valence-electron chi connectivity index (χ0n) is 11.0. The summed E-state index contributed by atoms with van der Waals surface area (Å²) in [4.78, 5) is 0. The van der Waals surface area contributed by atoms with Crippen LogP contribution in [0.1, 0.15) is 52.4 Å². The van der Waals surface area contributed by atoms with Crippen LogP contribution in [-0.2, 0) is 0 Å². The third-order valence-electron chi connectivity index (χ3n) is 3.34. The molecule has 1 saturated heterocycles. The lowest BCUT2D eigenvalue weighted by Crippen LogP contribution is -2.37. The van der Waals surface area contributed by atoms with E-state index >= 15 is 0 Å². The van der Waals surface area contributed by atoms with Gasteiger partial charge in [0.2, 0.25) is 0 Å². The molecule has 1 aliphatic heterocycles. The molecule has 94 valence electrons. The highest BCUT2D eigenvalue weighted by Crippen LogP contribution is 2.12. The van der Waals surface area contributed by atoms with E-state index in [0.717, 1.165) is 19.0 Å². The molecule has 2 unspecified atom stereocenters. The molecule has 2 N–H and O–H groups in total. The summed E-state index contributed by atoms with van der Waals surface area (Å²) in [7, 11) is 0. The van der Waals surface area contributed by atoms with Gasteiger partial charge < -0.3 is 10.6 Å². The van der Waals surface area contributed by atoms with Crippen LogP contribution in [0.5, 0.6) is 0 Å². The van der Waals surface area contributed by atoms with E-state index in [9.17, 15) is 0 Å². The normalized spacial score (nSPS) is 24.5. The van der Waals surface area contributed by atoms with Crippen LogP contribution < -0.4 is 10.6 Å². The highest BCUT2D eigenvalue weighted by atomic mass is 14.9. The van der Waals surface area contributed by atoms with E-state index in [0.29, 0.717) is 6.04 Å². The van der Waals surface area contributed by atoms with Crippen LogP contribution in [0.4, 0.5) is 0 Å². The van der Waals surface area contributed by atoms with E-state index in [2.05, 4.69) is 36.6 Å². The Morgan fingerprint density at radius 3 is 3.06 bits per heavy atom. The fourth-order valence-electron chi connectivity index (χ4n) is 2.39. The van der Waals surface area contributed by atoms with Gasteiger partial charge in [-0.15, -0.1) is 0 Å². The first-order valence-corrected chi connectivity index (χ1v) is 6.91. The minimum atomic E-state index is 0.640. The lowest BCUT2D eigenvalue weighted by Gasteiger charge is -2.21. The van der Waals surface area contributed by atoms with Crippen LogP contribution in [-0.4, -0.2) is 25.2 Å². The second-order valence-corrected chi connectivity index (χ2v) is 4.95. The molecular weight excluding hydrogens is 196 g/mol. The highest BCUT2D eigenvalue weighted by molar-refractivity contribution is 4.80. The quantitative estimate of drug-likeness (QED) is 0.535. The lowest BCUT2D eigenvalue weighted by molar-refractivity contribution is 0.405. The Bertz CT molecular complexity index is 181. The molecule has 0 aliphatic carbocycles. The summed E-state index contributed by atoms with van der Waals surface area (Å²) in [6, 6.07) is 1.38. The van der Waals surface area contributed by atoms with Gasteiger partial charge in [-0.1, -0.05) is 25.0 Å². The summed E-state index contributed by atoms with van der Waals surface area (Å²) < 4.78 is 0. The Kier molecular flexibility index (Phi) is 7.52. The molecule has 0 aromatic heterocycles. The minimum Gasteiger partial charge on any atom is -0.314 e. The Morgan fingerprint density at radius 2 is 2.25 bits per heavy atom. The first-order valence-electron chi connectivity index (χ1n) is 6.91. The fourth-order valence-corrected chi connectivity index (χ4v) is 2.39. The molecule has 0 bridgehead atoms. The Balaban J connectivity index is 2.09. The molecule has 0 spiro atoms. The Hall–Kier alpha value is -0.340. The summed E-state index contributed by atoms with van der Waals surface area (Å²) in [5.41, 5.74) is 0. The van der Waals surface area contributed by atoms with Crippen molar-refractivity contribution < 1.29 is 0 Å². The lowest BCUT2D eigenvalue weighted by atomic mass is 10.0. The predicted molar refractivity (Wildman–Crippen MR) is 71.8 cm³/mol. The molecule has 1 rings (SSSR count). The third kappa shape index (κ3) is 6.29. The summed E-state index contributed by atoms with van der Waals surface area (Å²) >= 11 is 0. The first kappa shape index (κ1) is 13.7. The van der Waals surface area contributed by atoms with Gasteiger partial charge in [-0.2, -0.15) is 0 Å². The van der Waals surface area contributed by atoms with Gasteiger partial charge in [-0.25, -0.2) is 0 Å². The number of hydrogen-bond acceptors (Lipinski definition) is 2. The van der Waals surface area contributed by atoms with Gasteiger partial charge in [0.15, 0.2) is 0 Å². The zero-order valence-corrected chi connectivity index (χ0v) is 11.0. The zero-order chi connectivity index (χ0) is 11.6. The Morgan fingerprint density at radius 1 is 1.38 bits per heavy atom. The topological polar surface area (TPSA) is 24.1 Å². The summed E-state index contributed by atoms with van der Waals surface area (Å²) in [5.74, 6) is 0. The monoisotopic (exact) mass is 224 g/mol. The van der Waals surface area contributed by atoms with E-state index in [4.69, 9.17) is 0 Å². The van der Waals surface area contributed by atoms with Crippen LogP contribution in [0.3, 0.4) is 0 Å². The largest absolute Gasteiger partial charge is 0.314 e. The molecule has 0 saturated carbocycles. The van der Waals surface area contributed by atoms with E-state index in [1.165, 1.54) is 38.6 Å². The van der Waals surface area contributed by atoms with Crippen LogP contribution in [0.25, 0.3) is 0 Å². The Labute approximate surface area is 101 Å². The van der Waals surface area contributed by atoms with E-state index in [1.807, 2.05) is 0 Å². The van der Waals surface area contributed by atoms with Gasteiger partial charge in [0.1, 0.15) is 0 Å². The summed E-state index contributed by atoms with van der Waals surface area (Å²) in [6.45, 7) is 6.72. The summed E-state index contributed by atoms with van der Waals surface area (Å²) in [6.07, 6.45) is 12.3. The molecular formula is C14H28N2. The molecule has 1 heterocycles. The number of rotatable bonds is 6. The summed E-state index contributed by atoms with van der Waals surface area (Å²) in [5, 5.41) is 7.25. The van der Waals surface area contributed by atoms with Gasteiger partial charge in [0.25, 0.3) is 0 Å². The second kappa shape index (κ2) is 8.77. The number of hydrogen-bond donors (Lipinski definition) is 2. The minimum absolute atomic E-state index is 0.640. The van der Waals surface area contributed by atoms with Gasteiger partial charge in [0.05, 0.1) is 0 Å². The average molecular weight is 224 g/mol. The molecule has 2 heteroatoms. The molecule has 2 atom stereocenters. The van der Waals surface area contributed by atoms with Crippen molar-refractivity contribution in [3.8, 4) is 0 Å². The van der Waals surface area contributed by atoms with Crippen molar-refractivity contribution >= 4 is 0 Å². The van der Waals surface area contributed by atoms with E-state index < -0.39 is 0 Å². The maximum Gasteiger partial charge on any atom is 0.00817 e. The molecule has 1 aliphatic rings. The van der Waals surface area contributed by atoms with Gasteiger partial charge >= 0.3 is 0 Å². The first-order chi connectivity index (χ1) is 7.83. The molecule has 0 amide bonds. The molecule has 0 aromatic carbocycles. The molecule has 1 fully saturated rings. The third-order valence-corrected chi connectivity index (χ3v) is 3.34. The van der Waals surface area contributed by atoms with Crippen molar-refractivity contribution in [1.82, 2.24) is 10.6 Å². The van der Waals surface area contributed by atoms with Crippen molar-refractivity contribution in [3.05, 3.63) is 12.2 Å². The van der Waals surface area contributed by atoms with Crippen molar-refractivity contribution in [1.29, 1.82) is 0 Å². The second-order valence-electron chi connectivity index (χ2n) is 4.95. The smallest absolute Gasteiger partial charge is 0.00817 e. The SMILES string of the molecule is C/C=C/CCNC(C)CC1CCCCCN1. The predicted octanol–water partition coefficient (Wildman–Crippen LogP) is 2.85. The molecule has 16 heavy (non-hydrogen) atoms. The maximum atomic E-state index is 3.66. The standard InChI is InChI=1S/C14H28N2/c1-3-4-7-10-15-13(2)12-14-9-6-5-8-11-16-14/h3-4,13-16H,5-12H2,1-2H3/b4-3+. The van der Waals surface area contributed by atoms with E-state index in [-0.39, 0.29) is 0 Å². The maximum absolute atomic E-state index is 3.66. The van der Waals surface area contributed by atoms with Crippen molar-refractivity contribution in [3.63, 3.8) is 0 Å². The number of allylic oxidation sites excluding steroid dienone is 1. The molecule has 0 radical (unpaired) electrons.